The van der Waals surface area contributed by atoms with Gasteiger partial charge in [0, 0.05) is 29.9 Å². The molecular formula is C26H34N4O4. The lowest BCUT2D eigenvalue weighted by Crippen LogP contribution is -2.53. The smallest absolute Gasteiger partial charge is 0.271 e. The van der Waals surface area contributed by atoms with Gasteiger partial charge in [0.05, 0.1) is 12.6 Å². The van der Waals surface area contributed by atoms with Crippen molar-refractivity contribution in [3.8, 4) is 0 Å². The maximum Gasteiger partial charge on any atom is 0.271 e. The number of aromatic nitrogens is 1. The number of benzene rings is 1. The van der Waals surface area contributed by atoms with Crippen LogP contribution in [0.1, 0.15) is 48.3 Å². The third-order valence-electron chi connectivity index (χ3n) is 8.59. The number of aromatic amines is 1. The molecule has 2 saturated heterocycles. The Hall–Kier alpha value is -2.87. The first-order valence-electron chi connectivity index (χ1n) is 12.2. The number of hydrogen-bond donors (Lipinski definition) is 4. The topological polar surface area (TPSA) is 115 Å². The van der Waals surface area contributed by atoms with E-state index in [1.165, 1.54) is 0 Å². The Kier molecular flexibility index (Phi) is 5.47. The van der Waals surface area contributed by atoms with Gasteiger partial charge in [-0.3, -0.25) is 14.4 Å². The summed E-state index contributed by atoms with van der Waals surface area (Å²) in [5.74, 6) is -0.299. The summed E-state index contributed by atoms with van der Waals surface area (Å²) in [7, 11) is 0. The van der Waals surface area contributed by atoms with E-state index in [0.717, 1.165) is 22.0 Å². The molecule has 1 aromatic carbocycles. The first-order chi connectivity index (χ1) is 16.1. The number of piperidine rings is 1. The van der Waals surface area contributed by atoms with Gasteiger partial charge in [-0.2, -0.15) is 0 Å². The van der Waals surface area contributed by atoms with Crippen LogP contribution in [0.5, 0.6) is 0 Å². The van der Waals surface area contributed by atoms with Crippen LogP contribution < -0.4 is 10.6 Å². The molecule has 2 aromatic rings. The highest BCUT2D eigenvalue weighted by Crippen LogP contribution is 2.65. The predicted octanol–water partition coefficient (Wildman–Crippen LogP) is 1.88. The van der Waals surface area contributed by atoms with Crippen LogP contribution in [-0.4, -0.2) is 64.5 Å². The van der Waals surface area contributed by atoms with Crippen molar-refractivity contribution in [3.63, 3.8) is 0 Å². The van der Waals surface area contributed by atoms with Crippen LogP contribution in [0.4, 0.5) is 0 Å². The molecule has 0 unspecified atom stereocenters. The molecule has 0 spiro atoms. The van der Waals surface area contributed by atoms with Crippen molar-refractivity contribution in [1.82, 2.24) is 20.5 Å². The van der Waals surface area contributed by atoms with Gasteiger partial charge in [0.15, 0.2) is 0 Å². The number of aliphatic hydroxyl groups is 1. The predicted molar refractivity (Wildman–Crippen MR) is 128 cm³/mol. The van der Waals surface area contributed by atoms with E-state index in [9.17, 15) is 19.5 Å². The number of fused-ring (bicyclic) bond motifs is 2. The fourth-order valence-corrected chi connectivity index (χ4v) is 6.19. The standard InChI is InChI=1S/C26H34N4O4/c1-13-5-6-15-10-19(29-21(15)14(13)2)25(34)30-11-18-20(26(18,3)4)22(30)24(33)28-17(12-31)9-16-7-8-27-23(16)32/h5-6,10,16-18,20,22,29,31H,7-9,11-12H2,1-4H3,(H,27,32)(H,28,33)/t16-,17-,18-,20-,22-/m0/s1. The molecule has 3 aliphatic rings. The van der Waals surface area contributed by atoms with Gasteiger partial charge in [0.25, 0.3) is 5.91 Å². The Balaban J connectivity index is 1.37. The highest BCUT2D eigenvalue weighted by molar-refractivity contribution is 6.01. The number of likely N-dealkylation sites (tertiary alicyclic amines) is 1. The molecule has 0 bridgehead atoms. The summed E-state index contributed by atoms with van der Waals surface area (Å²) in [4.78, 5) is 44.0. The molecule has 5 rings (SSSR count). The SMILES string of the molecule is Cc1ccc2cc(C(=O)N3C[C@H]4[C@@H]([C@H]3C(=O)N[C@H](CO)C[C@@H]3CCNC3=O)C4(C)C)[nH]c2c1C. The summed E-state index contributed by atoms with van der Waals surface area (Å²) in [6, 6.07) is 4.81. The van der Waals surface area contributed by atoms with E-state index in [2.05, 4.69) is 29.5 Å². The second-order valence-electron chi connectivity index (χ2n) is 10.9. The fourth-order valence-electron chi connectivity index (χ4n) is 6.19. The highest BCUT2D eigenvalue weighted by atomic mass is 16.3. The van der Waals surface area contributed by atoms with Crippen LogP contribution in [0.3, 0.4) is 0 Å². The molecule has 1 aromatic heterocycles. The Bertz CT molecular complexity index is 1170. The van der Waals surface area contributed by atoms with Gasteiger partial charge < -0.3 is 25.6 Å². The van der Waals surface area contributed by atoms with Gasteiger partial charge in [-0.25, -0.2) is 0 Å². The lowest BCUT2D eigenvalue weighted by molar-refractivity contribution is -0.128. The van der Waals surface area contributed by atoms with Crippen molar-refractivity contribution in [1.29, 1.82) is 0 Å². The summed E-state index contributed by atoms with van der Waals surface area (Å²) in [6.45, 7) is 9.29. The van der Waals surface area contributed by atoms with Crippen LogP contribution in [0, 0.1) is 37.0 Å². The molecule has 8 heteroatoms. The first-order valence-corrected chi connectivity index (χ1v) is 12.2. The Morgan fingerprint density at radius 1 is 1.29 bits per heavy atom. The van der Waals surface area contributed by atoms with E-state index >= 15 is 0 Å². The lowest BCUT2D eigenvalue weighted by atomic mass is 9.97. The average Bonchev–Trinajstić information content (AvgIpc) is 3.31. The molecule has 3 heterocycles. The third kappa shape index (κ3) is 3.59. The molecule has 8 nitrogen and oxygen atoms in total. The summed E-state index contributed by atoms with van der Waals surface area (Å²) in [6.07, 6.45) is 1.10. The Morgan fingerprint density at radius 2 is 2.06 bits per heavy atom. The number of H-pyrrole nitrogens is 1. The molecule has 3 fully saturated rings. The number of aliphatic hydroxyl groups excluding tert-OH is 1. The summed E-state index contributed by atoms with van der Waals surface area (Å²) in [5.41, 5.74) is 3.69. The Morgan fingerprint density at radius 3 is 2.74 bits per heavy atom. The number of nitrogens with zero attached hydrogens (tertiary/aromatic N) is 1. The first kappa shape index (κ1) is 22.9. The third-order valence-corrected chi connectivity index (χ3v) is 8.59. The van der Waals surface area contributed by atoms with Crippen molar-refractivity contribution in [2.24, 2.45) is 23.2 Å². The molecule has 2 aliphatic heterocycles. The molecule has 4 N–H and O–H groups in total. The second kappa shape index (κ2) is 8.12. The zero-order valence-corrected chi connectivity index (χ0v) is 20.3. The van der Waals surface area contributed by atoms with Gasteiger partial charge in [-0.15, -0.1) is 0 Å². The van der Waals surface area contributed by atoms with Crippen LogP contribution in [0.15, 0.2) is 18.2 Å². The number of hydrogen-bond acceptors (Lipinski definition) is 4. The van der Waals surface area contributed by atoms with E-state index in [4.69, 9.17) is 0 Å². The maximum absolute atomic E-state index is 13.6. The van der Waals surface area contributed by atoms with E-state index in [1.54, 1.807) is 4.90 Å². The second-order valence-corrected chi connectivity index (χ2v) is 10.9. The quantitative estimate of drug-likeness (QED) is 0.520. The fraction of sp³-hybridized carbons (Fsp3) is 0.577. The molecule has 1 saturated carbocycles. The van der Waals surface area contributed by atoms with E-state index in [0.29, 0.717) is 31.6 Å². The van der Waals surface area contributed by atoms with Gasteiger partial charge in [0.2, 0.25) is 11.8 Å². The van der Waals surface area contributed by atoms with Gasteiger partial charge in [-0.05, 0) is 61.1 Å². The summed E-state index contributed by atoms with van der Waals surface area (Å²) in [5, 5.41) is 16.6. The monoisotopic (exact) mass is 466 g/mol. The zero-order valence-electron chi connectivity index (χ0n) is 20.3. The molecular weight excluding hydrogens is 432 g/mol. The number of amides is 3. The average molecular weight is 467 g/mol. The van der Waals surface area contributed by atoms with Crippen molar-refractivity contribution in [2.75, 3.05) is 19.7 Å². The summed E-state index contributed by atoms with van der Waals surface area (Å²) < 4.78 is 0. The van der Waals surface area contributed by atoms with Crippen LogP contribution in [-0.2, 0) is 9.59 Å². The van der Waals surface area contributed by atoms with Crippen LogP contribution in [0.2, 0.25) is 0 Å². The van der Waals surface area contributed by atoms with Crippen molar-refractivity contribution < 1.29 is 19.5 Å². The van der Waals surface area contributed by atoms with Gasteiger partial charge in [0.1, 0.15) is 11.7 Å². The lowest BCUT2D eigenvalue weighted by Gasteiger charge is -2.31. The minimum atomic E-state index is -0.590. The zero-order chi connectivity index (χ0) is 24.4. The molecule has 0 radical (unpaired) electrons. The molecule has 1 aliphatic carbocycles. The van der Waals surface area contributed by atoms with Crippen molar-refractivity contribution >= 4 is 28.6 Å². The number of nitrogens with one attached hydrogen (secondary N) is 3. The van der Waals surface area contributed by atoms with E-state index < -0.39 is 12.1 Å². The largest absolute Gasteiger partial charge is 0.394 e. The van der Waals surface area contributed by atoms with Gasteiger partial charge in [-0.1, -0.05) is 26.0 Å². The molecule has 34 heavy (non-hydrogen) atoms. The number of rotatable bonds is 6. The van der Waals surface area contributed by atoms with Crippen molar-refractivity contribution in [3.05, 3.63) is 35.0 Å². The normalized spacial score (nSPS) is 28.0. The number of carbonyl (C=O) groups is 3. The van der Waals surface area contributed by atoms with Crippen LogP contribution >= 0.6 is 0 Å². The van der Waals surface area contributed by atoms with E-state index in [1.807, 2.05) is 32.0 Å². The summed E-state index contributed by atoms with van der Waals surface area (Å²) >= 11 is 0. The van der Waals surface area contributed by atoms with Crippen molar-refractivity contribution in [2.45, 2.75) is 52.6 Å². The van der Waals surface area contributed by atoms with E-state index in [-0.39, 0.29) is 47.5 Å². The maximum atomic E-state index is 13.6. The number of carbonyl (C=O) groups excluding carboxylic acids is 3. The minimum absolute atomic E-state index is 0.00696. The molecule has 182 valence electrons. The number of aryl methyl sites for hydroxylation is 2. The minimum Gasteiger partial charge on any atom is -0.394 e. The van der Waals surface area contributed by atoms with Crippen LogP contribution in [0.25, 0.3) is 10.9 Å². The Labute approximate surface area is 199 Å². The van der Waals surface area contributed by atoms with Gasteiger partial charge >= 0.3 is 0 Å². The molecule has 5 atom stereocenters. The molecule has 3 amide bonds. The highest BCUT2D eigenvalue weighted by Gasteiger charge is 2.69.